The molecule has 1 heterocycles. The highest BCUT2D eigenvalue weighted by Crippen LogP contribution is 2.24. The van der Waals surface area contributed by atoms with Crippen LogP contribution >= 0.6 is 11.5 Å². The van der Waals surface area contributed by atoms with E-state index >= 15 is 0 Å². The molecule has 4 heteroatoms. The lowest BCUT2D eigenvalue weighted by atomic mass is 10.0. The van der Waals surface area contributed by atoms with Gasteiger partial charge in [-0.2, -0.15) is 0 Å². The molecule has 0 bridgehead atoms. The lowest BCUT2D eigenvalue weighted by Gasteiger charge is -2.11. The fourth-order valence-corrected chi connectivity index (χ4v) is 2.51. The van der Waals surface area contributed by atoms with Gasteiger partial charge >= 0.3 is 0 Å². The molecule has 1 aromatic heterocycles. The summed E-state index contributed by atoms with van der Waals surface area (Å²) in [5.74, 6) is 0.766. The number of nitrogens with two attached hydrogens (primary N) is 1. The Labute approximate surface area is 103 Å². The molecule has 0 saturated heterocycles. The Kier molecular flexibility index (Phi) is 5.91. The van der Waals surface area contributed by atoms with Crippen molar-refractivity contribution in [1.82, 2.24) is 9.59 Å². The van der Waals surface area contributed by atoms with Crippen molar-refractivity contribution >= 4 is 11.5 Å². The SMILES string of the molecule is CCCc1nnsc1C(N)CCCC(C)C. The van der Waals surface area contributed by atoms with Gasteiger partial charge in [-0.05, 0) is 30.3 Å². The second-order valence-electron chi connectivity index (χ2n) is 4.77. The normalized spacial score (nSPS) is 13.3. The third-order valence-electron chi connectivity index (χ3n) is 2.71. The van der Waals surface area contributed by atoms with Crippen molar-refractivity contribution in [2.75, 3.05) is 0 Å². The van der Waals surface area contributed by atoms with Gasteiger partial charge in [-0.3, -0.25) is 0 Å². The van der Waals surface area contributed by atoms with E-state index in [2.05, 4.69) is 30.4 Å². The Bertz CT molecular complexity index is 296. The van der Waals surface area contributed by atoms with Crippen LogP contribution in [0, 0.1) is 5.92 Å². The van der Waals surface area contributed by atoms with E-state index in [1.165, 1.54) is 29.3 Å². The third kappa shape index (κ3) is 4.18. The first-order valence-corrected chi connectivity index (χ1v) is 6.99. The first-order valence-electron chi connectivity index (χ1n) is 6.21. The first-order chi connectivity index (χ1) is 7.65. The first kappa shape index (κ1) is 13.6. The van der Waals surface area contributed by atoms with E-state index in [-0.39, 0.29) is 6.04 Å². The smallest absolute Gasteiger partial charge is 0.0803 e. The minimum Gasteiger partial charge on any atom is -0.323 e. The van der Waals surface area contributed by atoms with Gasteiger partial charge < -0.3 is 5.73 Å². The minimum absolute atomic E-state index is 0.139. The van der Waals surface area contributed by atoms with Crippen molar-refractivity contribution in [1.29, 1.82) is 0 Å². The molecular weight excluding hydrogens is 218 g/mol. The molecule has 1 unspecified atom stereocenters. The summed E-state index contributed by atoms with van der Waals surface area (Å²) in [4.78, 5) is 1.20. The molecule has 1 atom stereocenters. The summed E-state index contributed by atoms with van der Waals surface area (Å²) in [6.45, 7) is 6.66. The maximum Gasteiger partial charge on any atom is 0.0803 e. The topological polar surface area (TPSA) is 51.8 Å². The van der Waals surface area contributed by atoms with E-state index in [4.69, 9.17) is 5.73 Å². The standard InChI is InChI=1S/C12H23N3S/c1-4-6-11-12(16-15-14-11)10(13)8-5-7-9(2)3/h9-10H,4-8,13H2,1-3H3. The van der Waals surface area contributed by atoms with Crippen molar-refractivity contribution in [2.24, 2.45) is 11.7 Å². The second-order valence-corrected chi connectivity index (χ2v) is 5.55. The lowest BCUT2D eigenvalue weighted by Crippen LogP contribution is -2.11. The fourth-order valence-electron chi connectivity index (χ4n) is 1.78. The van der Waals surface area contributed by atoms with Gasteiger partial charge in [0.05, 0.1) is 10.6 Å². The molecule has 1 rings (SSSR count). The van der Waals surface area contributed by atoms with Gasteiger partial charge in [0.15, 0.2) is 0 Å². The molecule has 0 radical (unpaired) electrons. The summed E-state index contributed by atoms with van der Waals surface area (Å²) in [6, 6.07) is 0.139. The van der Waals surface area contributed by atoms with Crippen LogP contribution in [-0.4, -0.2) is 9.59 Å². The monoisotopic (exact) mass is 241 g/mol. The number of hydrogen-bond acceptors (Lipinski definition) is 4. The van der Waals surface area contributed by atoms with E-state index in [0.717, 1.165) is 30.9 Å². The highest BCUT2D eigenvalue weighted by Gasteiger charge is 2.14. The van der Waals surface area contributed by atoms with Crippen LogP contribution in [0.15, 0.2) is 0 Å². The Morgan fingerprint density at radius 1 is 1.31 bits per heavy atom. The Hall–Kier alpha value is -0.480. The zero-order valence-corrected chi connectivity index (χ0v) is 11.4. The van der Waals surface area contributed by atoms with Crippen molar-refractivity contribution in [3.8, 4) is 0 Å². The number of aryl methyl sites for hydroxylation is 1. The molecule has 0 aliphatic heterocycles. The van der Waals surface area contributed by atoms with Gasteiger partial charge in [-0.1, -0.05) is 44.5 Å². The molecule has 0 spiro atoms. The molecule has 3 nitrogen and oxygen atoms in total. The fraction of sp³-hybridized carbons (Fsp3) is 0.833. The maximum absolute atomic E-state index is 6.19. The third-order valence-corrected chi connectivity index (χ3v) is 3.60. The van der Waals surface area contributed by atoms with Gasteiger partial charge in [0.25, 0.3) is 0 Å². The van der Waals surface area contributed by atoms with Gasteiger partial charge in [0, 0.05) is 6.04 Å². The molecule has 0 fully saturated rings. The Morgan fingerprint density at radius 2 is 2.06 bits per heavy atom. The van der Waals surface area contributed by atoms with E-state index in [1.54, 1.807) is 0 Å². The molecule has 0 aliphatic rings. The van der Waals surface area contributed by atoms with Crippen LogP contribution in [0.5, 0.6) is 0 Å². The lowest BCUT2D eigenvalue weighted by molar-refractivity contribution is 0.506. The van der Waals surface area contributed by atoms with Crippen molar-refractivity contribution in [2.45, 2.75) is 58.9 Å². The average Bonchev–Trinajstić information content (AvgIpc) is 2.66. The predicted molar refractivity (Wildman–Crippen MR) is 69.5 cm³/mol. The van der Waals surface area contributed by atoms with E-state index in [9.17, 15) is 0 Å². The summed E-state index contributed by atoms with van der Waals surface area (Å²) < 4.78 is 4.02. The van der Waals surface area contributed by atoms with Crippen LogP contribution in [-0.2, 0) is 6.42 Å². The van der Waals surface area contributed by atoms with Crippen LogP contribution in [0.3, 0.4) is 0 Å². The van der Waals surface area contributed by atoms with Crippen LogP contribution in [0.1, 0.15) is 63.1 Å². The number of hydrogen-bond donors (Lipinski definition) is 1. The second kappa shape index (κ2) is 6.97. The van der Waals surface area contributed by atoms with Crippen molar-refractivity contribution < 1.29 is 0 Å². The van der Waals surface area contributed by atoms with E-state index < -0.39 is 0 Å². The maximum atomic E-state index is 6.19. The summed E-state index contributed by atoms with van der Waals surface area (Å²) >= 11 is 1.47. The van der Waals surface area contributed by atoms with E-state index in [1.807, 2.05) is 0 Å². The molecule has 0 saturated carbocycles. The number of nitrogens with zero attached hydrogens (tertiary/aromatic N) is 2. The molecule has 1 aromatic rings. The Balaban J connectivity index is 2.45. The zero-order chi connectivity index (χ0) is 12.0. The van der Waals surface area contributed by atoms with Gasteiger partial charge in [-0.25, -0.2) is 0 Å². The van der Waals surface area contributed by atoms with Crippen LogP contribution in [0.4, 0.5) is 0 Å². The Morgan fingerprint density at radius 3 is 2.69 bits per heavy atom. The van der Waals surface area contributed by atoms with Crippen LogP contribution < -0.4 is 5.73 Å². The summed E-state index contributed by atoms with van der Waals surface area (Å²) in [5, 5.41) is 4.16. The molecule has 0 aromatic carbocycles. The molecule has 0 amide bonds. The largest absolute Gasteiger partial charge is 0.323 e. The average molecular weight is 241 g/mol. The van der Waals surface area contributed by atoms with Gasteiger partial charge in [0.2, 0.25) is 0 Å². The van der Waals surface area contributed by atoms with Gasteiger partial charge in [0.1, 0.15) is 0 Å². The summed E-state index contributed by atoms with van der Waals surface area (Å²) in [5.41, 5.74) is 7.30. The number of rotatable bonds is 7. The van der Waals surface area contributed by atoms with Crippen LogP contribution in [0.25, 0.3) is 0 Å². The quantitative estimate of drug-likeness (QED) is 0.796. The predicted octanol–water partition coefficient (Wildman–Crippen LogP) is 3.32. The van der Waals surface area contributed by atoms with Crippen LogP contribution in [0.2, 0.25) is 0 Å². The highest BCUT2D eigenvalue weighted by atomic mass is 32.1. The molecular formula is C12H23N3S. The molecule has 92 valence electrons. The van der Waals surface area contributed by atoms with Crippen molar-refractivity contribution in [3.05, 3.63) is 10.6 Å². The molecule has 16 heavy (non-hydrogen) atoms. The molecule has 0 aliphatic carbocycles. The summed E-state index contributed by atoms with van der Waals surface area (Å²) in [7, 11) is 0. The minimum atomic E-state index is 0.139. The highest BCUT2D eigenvalue weighted by molar-refractivity contribution is 7.05. The summed E-state index contributed by atoms with van der Waals surface area (Å²) in [6.07, 6.45) is 5.62. The van der Waals surface area contributed by atoms with E-state index in [0.29, 0.717) is 0 Å². The number of aromatic nitrogens is 2. The molecule has 2 N–H and O–H groups in total. The van der Waals surface area contributed by atoms with Crippen molar-refractivity contribution in [3.63, 3.8) is 0 Å². The van der Waals surface area contributed by atoms with Gasteiger partial charge in [-0.15, -0.1) is 5.10 Å². The zero-order valence-electron chi connectivity index (χ0n) is 10.6.